The SMILES string of the molecule is Fc1cc(Br)ccc1CNc1ccc(-n2cccn2)nc1. The molecular formula is C15H12BrFN4. The molecule has 0 aliphatic carbocycles. The van der Waals surface area contributed by atoms with E-state index >= 15 is 0 Å². The Kier molecular flexibility index (Phi) is 3.96. The van der Waals surface area contributed by atoms with Crippen molar-refractivity contribution in [1.82, 2.24) is 14.8 Å². The normalized spacial score (nSPS) is 10.6. The van der Waals surface area contributed by atoms with Crippen molar-refractivity contribution in [1.29, 1.82) is 0 Å². The van der Waals surface area contributed by atoms with Crippen molar-refractivity contribution >= 4 is 21.6 Å². The van der Waals surface area contributed by atoms with Crippen LogP contribution in [-0.4, -0.2) is 14.8 Å². The van der Waals surface area contributed by atoms with Crippen molar-refractivity contribution in [3.63, 3.8) is 0 Å². The van der Waals surface area contributed by atoms with E-state index in [2.05, 4.69) is 31.3 Å². The molecule has 0 amide bonds. The van der Waals surface area contributed by atoms with Crippen LogP contribution < -0.4 is 5.32 Å². The summed E-state index contributed by atoms with van der Waals surface area (Å²) in [6.45, 7) is 0.405. The summed E-state index contributed by atoms with van der Waals surface area (Å²) in [4.78, 5) is 4.31. The van der Waals surface area contributed by atoms with Gasteiger partial charge in [0.25, 0.3) is 0 Å². The zero-order chi connectivity index (χ0) is 14.7. The maximum absolute atomic E-state index is 13.7. The van der Waals surface area contributed by atoms with Gasteiger partial charge in [0.05, 0.1) is 11.9 Å². The van der Waals surface area contributed by atoms with E-state index in [1.165, 1.54) is 6.07 Å². The number of rotatable bonds is 4. The van der Waals surface area contributed by atoms with Gasteiger partial charge in [-0.2, -0.15) is 5.10 Å². The first-order chi connectivity index (χ1) is 10.2. The molecule has 21 heavy (non-hydrogen) atoms. The van der Waals surface area contributed by atoms with Gasteiger partial charge in [-0.1, -0.05) is 22.0 Å². The molecule has 1 aromatic carbocycles. The maximum atomic E-state index is 13.7. The highest BCUT2D eigenvalue weighted by Gasteiger charge is 2.03. The van der Waals surface area contributed by atoms with Gasteiger partial charge in [-0.25, -0.2) is 14.1 Å². The molecule has 0 aliphatic heterocycles. The zero-order valence-electron chi connectivity index (χ0n) is 11.0. The van der Waals surface area contributed by atoms with Crippen molar-refractivity contribution in [3.8, 4) is 5.82 Å². The van der Waals surface area contributed by atoms with Gasteiger partial charge in [-0.15, -0.1) is 0 Å². The Morgan fingerprint density at radius 1 is 1.24 bits per heavy atom. The summed E-state index contributed by atoms with van der Waals surface area (Å²) in [6.07, 6.45) is 5.23. The first kappa shape index (κ1) is 13.8. The summed E-state index contributed by atoms with van der Waals surface area (Å²) in [5.41, 5.74) is 1.43. The molecule has 0 radical (unpaired) electrons. The van der Waals surface area contributed by atoms with Crippen LogP contribution in [0.5, 0.6) is 0 Å². The van der Waals surface area contributed by atoms with E-state index in [0.29, 0.717) is 12.1 Å². The minimum absolute atomic E-state index is 0.238. The largest absolute Gasteiger partial charge is 0.380 e. The molecule has 6 heteroatoms. The van der Waals surface area contributed by atoms with Crippen LogP contribution in [0.2, 0.25) is 0 Å². The highest BCUT2D eigenvalue weighted by molar-refractivity contribution is 9.10. The lowest BCUT2D eigenvalue weighted by atomic mass is 10.2. The van der Waals surface area contributed by atoms with E-state index in [4.69, 9.17) is 0 Å². The van der Waals surface area contributed by atoms with E-state index in [9.17, 15) is 4.39 Å². The molecule has 0 aliphatic rings. The van der Waals surface area contributed by atoms with Crippen molar-refractivity contribution in [2.75, 3.05) is 5.32 Å². The lowest BCUT2D eigenvalue weighted by Crippen LogP contribution is -2.03. The molecule has 2 heterocycles. The average Bonchev–Trinajstić information content (AvgIpc) is 3.01. The number of pyridine rings is 1. The van der Waals surface area contributed by atoms with E-state index in [1.807, 2.05) is 30.5 Å². The Bertz CT molecular complexity index is 726. The van der Waals surface area contributed by atoms with Gasteiger partial charge in [-0.05, 0) is 30.3 Å². The molecule has 0 spiro atoms. The van der Waals surface area contributed by atoms with Crippen molar-refractivity contribution in [2.24, 2.45) is 0 Å². The third-order valence-electron chi connectivity index (χ3n) is 2.99. The van der Waals surface area contributed by atoms with Crippen LogP contribution in [-0.2, 0) is 6.54 Å². The van der Waals surface area contributed by atoms with Crippen LogP contribution in [0, 0.1) is 5.82 Å². The van der Waals surface area contributed by atoms with Gasteiger partial charge in [0, 0.05) is 29.0 Å². The maximum Gasteiger partial charge on any atom is 0.153 e. The molecule has 2 aromatic heterocycles. The number of nitrogens with zero attached hydrogens (tertiary/aromatic N) is 3. The number of hydrogen-bond acceptors (Lipinski definition) is 3. The summed E-state index contributed by atoms with van der Waals surface area (Å²) in [5, 5.41) is 7.26. The third-order valence-corrected chi connectivity index (χ3v) is 3.48. The van der Waals surface area contributed by atoms with Gasteiger partial charge in [0.1, 0.15) is 5.82 Å². The van der Waals surface area contributed by atoms with Crippen LogP contribution >= 0.6 is 15.9 Å². The van der Waals surface area contributed by atoms with Crippen molar-refractivity contribution in [3.05, 3.63) is 70.8 Å². The number of benzene rings is 1. The van der Waals surface area contributed by atoms with E-state index in [-0.39, 0.29) is 5.82 Å². The second-order valence-corrected chi connectivity index (χ2v) is 5.36. The average molecular weight is 347 g/mol. The topological polar surface area (TPSA) is 42.7 Å². The third kappa shape index (κ3) is 3.28. The second kappa shape index (κ2) is 6.05. The van der Waals surface area contributed by atoms with Crippen molar-refractivity contribution < 1.29 is 4.39 Å². The van der Waals surface area contributed by atoms with Crippen molar-refractivity contribution in [2.45, 2.75) is 6.54 Å². The van der Waals surface area contributed by atoms with E-state index in [0.717, 1.165) is 16.0 Å². The molecule has 0 unspecified atom stereocenters. The number of halogens is 2. The predicted molar refractivity (Wildman–Crippen MR) is 82.8 cm³/mol. The summed E-state index contributed by atoms with van der Waals surface area (Å²) in [5.74, 6) is 0.498. The summed E-state index contributed by atoms with van der Waals surface area (Å²) < 4.78 is 16.1. The smallest absolute Gasteiger partial charge is 0.153 e. The molecule has 0 saturated heterocycles. The van der Waals surface area contributed by atoms with Crippen LogP contribution in [0.25, 0.3) is 5.82 Å². The highest BCUT2D eigenvalue weighted by atomic mass is 79.9. The Morgan fingerprint density at radius 2 is 2.14 bits per heavy atom. The molecule has 3 aromatic rings. The Hall–Kier alpha value is -2.21. The number of hydrogen-bond donors (Lipinski definition) is 1. The Morgan fingerprint density at radius 3 is 2.81 bits per heavy atom. The van der Waals surface area contributed by atoms with E-state index in [1.54, 1.807) is 23.1 Å². The molecule has 0 saturated carbocycles. The van der Waals surface area contributed by atoms with Crippen LogP contribution in [0.15, 0.2) is 59.5 Å². The molecule has 0 atom stereocenters. The van der Waals surface area contributed by atoms with Crippen LogP contribution in [0.4, 0.5) is 10.1 Å². The number of nitrogens with one attached hydrogen (secondary N) is 1. The predicted octanol–water partition coefficient (Wildman–Crippen LogP) is 3.78. The number of anilines is 1. The Labute approximate surface area is 129 Å². The Balaban J connectivity index is 1.68. The fourth-order valence-corrected chi connectivity index (χ4v) is 2.23. The van der Waals surface area contributed by atoms with Gasteiger partial charge in [0.15, 0.2) is 5.82 Å². The van der Waals surface area contributed by atoms with Gasteiger partial charge < -0.3 is 5.32 Å². The van der Waals surface area contributed by atoms with Crippen LogP contribution in [0.3, 0.4) is 0 Å². The van der Waals surface area contributed by atoms with Gasteiger partial charge >= 0.3 is 0 Å². The molecule has 106 valence electrons. The minimum atomic E-state index is -0.238. The zero-order valence-corrected chi connectivity index (χ0v) is 12.6. The van der Waals surface area contributed by atoms with Gasteiger partial charge in [0.2, 0.25) is 0 Å². The monoisotopic (exact) mass is 346 g/mol. The minimum Gasteiger partial charge on any atom is -0.380 e. The quantitative estimate of drug-likeness (QED) is 0.781. The van der Waals surface area contributed by atoms with E-state index < -0.39 is 0 Å². The lowest BCUT2D eigenvalue weighted by Gasteiger charge is -2.08. The molecule has 1 N–H and O–H groups in total. The molecule has 4 nitrogen and oxygen atoms in total. The summed E-state index contributed by atoms with van der Waals surface area (Å²) in [7, 11) is 0. The molecule has 0 bridgehead atoms. The first-order valence-electron chi connectivity index (χ1n) is 6.36. The fourth-order valence-electron chi connectivity index (χ4n) is 1.89. The standard InChI is InChI=1S/C15H12BrFN4/c16-12-3-2-11(14(17)8-12)9-18-13-4-5-15(19-10-13)21-7-1-6-20-21/h1-8,10,18H,9H2. The first-order valence-corrected chi connectivity index (χ1v) is 7.15. The summed E-state index contributed by atoms with van der Waals surface area (Å²) >= 11 is 3.24. The van der Waals surface area contributed by atoms with Gasteiger partial charge in [-0.3, -0.25) is 0 Å². The molecule has 0 fully saturated rings. The van der Waals surface area contributed by atoms with Crippen LogP contribution in [0.1, 0.15) is 5.56 Å². The molecule has 3 rings (SSSR count). The highest BCUT2D eigenvalue weighted by Crippen LogP contribution is 2.17. The fraction of sp³-hybridized carbons (Fsp3) is 0.0667. The second-order valence-electron chi connectivity index (χ2n) is 4.44. The number of aromatic nitrogens is 3. The molecular weight excluding hydrogens is 335 g/mol. The lowest BCUT2D eigenvalue weighted by molar-refractivity contribution is 0.612. The summed E-state index contributed by atoms with van der Waals surface area (Å²) in [6, 6.07) is 10.6.